The Bertz CT molecular complexity index is 1100. The number of aromatic nitrogens is 4. The third-order valence-corrected chi connectivity index (χ3v) is 7.01. The van der Waals surface area contributed by atoms with Crippen molar-refractivity contribution in [2.45, 2.75) is 57.3 Å². The average molecular weight is 453 g/mol. The first-order valence-corrected chi connectivity index (χ1v) is 12.1. The highest BCUT2D eigenvalue weighted by molar-refractivity contribution is 6.32. The minimum absolute atomic E-state index is 0.167. The molecule has 0 spiro atoms. The summed E-state index contributed by atoms with van der Waals surface area (Å²) in [5, 5.41) is 12.5. The molecular formula is C24H29ClN6O. The molecule has 2 saturated carbocycles. The fourth-order valence-corrected chi connectivity index (χ4v) is 4.80. The number of nitrogens with one attached hydrogen (secondary N) is 2. The number of hydrogen-bond donors (Lipinski definition) is 2. The molecule has 2 aliphatic carbocycles. The molecule has 1 amide bonds. The van der Waals surface area contributed by atoms with Gasteiger partial charge in [-0.1, -0.05) is 49.4 Å². The lowest BCUT2D eigenvalue weighted by Crippen LogP contribution is -2.37. The van der Waals surface area contributed by atoms with Gasteiger partial charge >= 0.3 is 0 Å². The largest absolute Gasteiger partial charge is 0.368 e. The molecule has 0 bridgehead atoms. The highest BCUT2D eigenvalue weighted by atomic mass is 35.5. The molecule has 2 aromatic heterocycles. The Morgan fingerprint density at radius 1 is 1.03 bits per heavy atom. The van der Waals surface area contributed by atoms with E-state index in [1.54, 1.807) is 10.9 Å². The maximum absolute atomic E-state index is 12.1. The molecule has 2 aliphatic rings. The second-order valence-electron chi connectivity index (χ2n) is 8.86. The number of carbonyl (C=O) groups excluding carboxylic acids is 1. The van der Waals surface area contributed by atoms with Crippen LogP contribution < -0.4 is 10.6 Å². The second kappa shape index (κ2) is 9.45. The van der Waals surface area contributed by atoms with E-state index in [4.69, 9.17) is 21.6 Å². The van der Waals surface area contributed by atoms with Gasteiger partial charge in [0, 0.05) is 24.9 Å². The molecule has 0 radical (unpaired) electrons. The van der Waals surface area contributed by atoms with Crippen LogP contribution >= 0.6 is 11.6 Å². The summed E-state index contributed by atoms with van der Waals surface area (Å²) in [6.07, 6.45) is 10.9. The van der Waals surface area contributed by atoms with E-state index in [9.17, 15) is 4.79 Å². The van der Waals surface area contributed by atoms with Gasteiger partial charge in [-0.05, 0) is 37.8 Å². The molecule has 1 aromatic carbocycles. The topological polar surface area (TPSA) is 84.7 Å². The van der Waals surface area contributed by atoms with Crippen molar-refractivity contribution in [2.75, 3.05) is 18.4 Å². The molecular weight excluding hydrogens is 424 g/mol. The molecule has 0 aliphatic heterocycles. The van der Waals surface area contributed by atoms with Crippen LogP contribution in [-0.2, 0) is 4.79 Å². The second-order valence-corrected chi connectivity index (χ2v) is 9.26. The SMILES string of the molecule is O=C(NCCNc1nc(C2CCCCC2)nc2c1cnn2-c1ccccc1Cl)C1CCC1. The number of nitrogens with zero attached hydrogens (tertiary/aromatic N) is 4. The minimum atomic E-state index is 0.167. The summed E-state index contributed by atoms with van der Waals surface area (Å²) in [7, 11) is 0. The number of rotatable bonds is 7. The summed E-state index contributed by atoms with van der Waals surface area (Å²) < 4.78 is 1.80. The maximum atomic E-state index is 12.1. The lowest BCUT2D eigenvalue weighted by Gasteiger charge is -2.24. The molecule has 0 atom stereocenters. The Morgan fingerprint density at radius 2 is 1.84 bits per heavy atom. The number of hydrogen-bond acceptors (Lipinski definition) is 5. The summed E-state index contributed by atoms with van der Waals surface area (Å²) in [5.41, 5.74) is 1.56. The molecule has 2 fully saturated rings. The van der Waals surface area contributed by atoms with Crippen LogP contribution in [-0.4, -0.2) is 38.7 Å². The number of anilines is 1. The minimum Gasteiger partial charge on any atom is -0.368 e. The third-order valence-electron chi connectivity index (χ3n) is 6.69. The van der Waals surface area contributed by atoms with Crippen molar-refractivity contribution in [3.63, 3.8) is 0 Å². The Kier molecular flexibility index (Phi) is 6.26. The number of carbonyl (C=O) groups is 1. The van der Waals surface area contributed by atoms with Gasteiger partial charge in [-0.3, -0.25) is 4.79 Å². The first kappa shape index (κ1) is 21.2. The van der Waals surface area contributed by atoms with Crippen molar-refractivity contribution >= 4 is 34.4 Å². The van der Waals surface area contributed by atoms with Crippen LogP contribution in [0.25, 0.3) is 16.7 Å². The molecule has 7 nitrogen and oxygen atoms in total. The van der Waals surface area contributed by atoms with Gasteiger partial charge in [0.25, 0.3) is 0 Å². The van der Waals surface area contributed by atoms with Gasteiger partial charge in [0.2, 0.25) is 5.91 Å². The molecule has 0 unspecified atom stereocenters. The van der Waals surface area contributed by atoms with Crippen LogP contribution in [0.5, 0.6) is 0 Å². The molecule has 2 heterocycles. The average Bonchev–Trinajstić information content (AvgIpc) is 3.20. The predicted octanol–water partition coefficient (Wildman–Crippen LogP) is 4.84. The fourth-order valence-electron chi connectivity index (χ4n) is 4.58. The van der Waals surface area contributed by atoms with E-state index in [1.807, 2.05) is 24.3 Å². The maximum Gasteiger partial charge on any atom is 0.223 e. The van der Waals surface area contributed by atoms with Gasteiger partial charge in [0.1, 0.15) is 11.6 Å². The number of para-hydroxylation sites is 1. The first-order chi connectivity index (χ1) is 15.7. The molecule has 3 aromatic rings. The number of halogens is 1. The van der Waals surface area contributed by atoms with Gasteiger partial charge < -0.3 is 10.6 Å². The quantitative estimate of drug-likeness (QED) is 0.501. The van der Waals surface area contributed by atoms with Crippen molar-refractivity contribution in [3.8, 4) is 5.69 Å². The highest BCUT2D eigenvalue weighted by Gasteiger charge is 2.25. The van der Waals surface area contributed by atoms with Crippen molar-refractivity contribution < 1.29 is 4.79 Å². The zero-order valence-electron chi connectivity index (χ0n) is 18.2. The number of amides is 1. The van der Waals surface area contributed by atoms with Gasteiger partial charge in [-0.25, -0.2) is 14.6 Å². The fraction of sp³-hybridized carbons (Fsp3) is 0.500. The van der Waals surface area contributed by atoms with Gasteiger partial charge in [0.05, 0.1) is 22.3 Å². The summed E-state index contributed by atoms with van der Waals surface area (Å²) >= 11 is 6.46. The van der Waals surface area contributed by atoms with E-state index in [0.717, 1.165) is 60.5 Å². The van der Waals surface area contributed by atoms with Crippen LogP contribution in [0, 0.1) is 5.92 Å². The molecule has 2 N–H and O–H groups in total. The summed E-state index contributed by atoms with van der Waals surface area (Å²) in [4.78, 5) is 22.0. The van der Waals surface area contributed by atoms with Gasteiger partial charge in [-0.2, -0.15) is 5.10 Å². The lowest BCUT2D eigenvalue weighted by molar-refractivity contribution is -0.127. The van der Waals surface area contributed by atoms with Crippen molar-refractivity contribution in [3.05, 3.63) is 41.3 Å². The molecule has 168 valence electrons. The first-order valence-electron chi connectivity index (χ1n) is 11.7. The normalized spacial score (nSPS) is 17.3. The van der Waals surface area contributed by atoms with Crippen LogP contribution in [0.15, 0.2) is 30.5 Å². The molecule has 32 heavy (non-hydrogen) atoms. The van der Waals surface area contributed by atoms with E-state index in [1.165, 1.54) is 19.3 Å². The lowest BCUT2D eigenvalue weighted by atomic mass is 9.85. The Hall–Kier alpha value is -2.67. The van der Waals surface area contributed by atoms with Crippen LogP contribution in [0.4, 0.5) is 5.82 Å². The van der Waals surface area contributed by atoms with E-state index in [0.29, 0.717) is 24.0 Å². The highest BCUT2D eigenvalue weighted by Crippen LogP contribution is 2.34. The van der Waals surface area contributed by atoms with Crippen molar-refractivity contribution in [2.24, 2.45) is 5.92 Å². The zero-order valence-corrected chi connectivity index (χ0v) is 18.9. The third kappa shape index (κ3) is 4.31. The smallest absolute Gasteiger partial charge is 0.223 e. The van der Waals surface area contributed by atoms with Gasteiger partial charge in [0.15, 0.2) is 5.65 Å². The van der Waals surface area contributed by atoms with E-state index in [-0.39, 0.29) is 11.8 Å². The van der Waals surface area contributed by atoms with Crippen molar-refractivity contribution in [1.29, 1.82) is 0 Å². The van der Waals surface area contributed by atoms with E-state index < -0.39 is 0 Å². The van der Waals surface area contributed by atoms with E-state index >= 15 is 0 Å². The Morgan fingerprint density at radius 3 is 2.59 bits per heavy atom. The summed E-state index contributed by atoms with van der Waals surface area (Å²) in [5.74, 6) is 2.37. The number of benzene rings is 1. The Balaban J connectivity index is 1.42. The molecule has 5 rings (SSSR count). The van der Waals surface area contributed by atoms with E-state index in [2.05, 4.69) is 15.7 Å². The van der Waals surface area contributed by atoms with Crippen LogP contribution in [0.3, 0.4) is 0 Å². The summed E-state index contributed by atoms with van der Waals surface area (Å²) in [6.45, 7) is 1.17. The van der Waals surface area contributed by atoms with Crippen LogP contribution in [0.1, 0.15) is 63.1 Å². The number of fused-ring (bicyclic) bond motifs is 1. The molecule has 8 heteroatoms. The van der Waals surface area contributed by atoms with Gasteiger partial charge in [-0.15, -0.1) is 0 Å². The zero-order chi connectivity index (χ0) is 21.9. The predicted molar refractivity (Wildman–Crippen MR) is 126 cm³/mol. The Labute approximate surface area is 193 Å². The monoisotopic (exact) mass is 452 g/mol. The molecule has 0 saturated heterocycles. The standard InChI is InChI=1S/C24H29ClN6O/c25-19-11-4-5-12-20(19)31-23-18(15-28-31)22(26-13-14-27-24(32)17-9-6-10-17)29-21(30-23)16-7-2-1-3-8-16/h4-5,11-12,15-17H,1-3,6-10,13-14H2,(H,27,32)(H,26,29,30). The van der Waals surface area contributed by atoms with Crippen LogP contribution in [0.2, 0.25) is 5.02 Å². The summed E-state index contributed by atoms with van der Waals surface area (Å²) in [6, 6.07) is 7.66. The van der Waals surface area contributed by atoms with Crippen molar-refractivity contribution in [1.82, 2.24) is 25.1 Å².